The van der Waals surface area contributed by atoms with Crippen LogP contribution in [0.25, 0.3) is 11.6 Å². The average molecular weight is 176 g/mol. The van der Waals surface area contributed by atoms with Crippen LogP contribution >= 0.6 is 0 Å². The van der Waals surface area contributed by atoms with Crippen molar-refractivity contribution in [2.45, 2.75) is 12.8 Å². The van der Waals surface area contributed by atoms with Gasteiger partial charge in [0.2, 0.25) is 0 Å². The van der Waals surface area contributed by atoms with E-state index < -0.39 is 6.23 Å². The summed E-state index contributed by atoms with van der Waals surface area (Å²) in [6, 6.07) is 0. The van der Waals surface area contributed by atoms with Crippen molar-refractivity contribution in [2.75, 3.05) is 0 Å². The Balaban J connectivity index is 2.30. The fraction of sp³-hybridized carbons (Fsp3) is 0.250. The van der Waals surface area contributed by atoms with Crippen LogP contribution in [0.4, 0.5) is 0 Å². The number of aromatic nitrogens is 4. The van der Waals surface area contributed by atoms with Crippen LogP contribution in [0, 0.1) is 0 Å². The zero-order chi connectivity index (χ0) is 8.84. The van der Waals surface area contributed by atoms with E-state index in [9.17, 15) is 5.11 Å². The summed E-state index contributed by atoms with van der Waals surface area (Å²) in [5.41, 5.74) is 0. The second kappa shape index (κ2) is 2.20. The number of aliphatic hydroxyl groups excluding tert-OH is 1. The van der Waals surface area contributed by atoms with Crippen molar-refractivity contribution in [2.24, 2.45) is 0 Å². The maximum atomic E-state index is 9.69. The first kappa shape index (κ1) is 6.85. The van der Waals surface area contributed by atoms with Crippen LogP contribution in [-0.2, 0) is 6.54 Å². The van der Waals surface area contributed by atoms with Gasteiger partial charge in [0.25, 0.3) is 0 Å². The van der Waals surface area contributed by atoms with Crippen LogP contribution in [-0.4, -0.2) is 24.2 Å². The predicted octanol–water partition coefficient (Wildman–Crippen LogP) is 0.251. The van der Waals surface area contributed by atoms with E-state index in [0.29, 0.717) is 6.54 Å². The lowest BCUT2D eigenvalue weighted by atomic mass is 10.4. The summed E-state index contributed by atoms with van der Waals surface area (Å²) in [4.78, 5) is 8.31. The van der Waals surface area contributed by atoms with Gasteiger partial charge in [-0.05, 0) is 0 Å². The molecule has 1 aliphatic heterocycles. The molecule has 1 atom stereocenters. The largest absolute Gasteiger partial charge is 0.371 e. The lowest BCUT2D eigenvalue weighted by Crippen LogP contribution is -2.21. The minimum Gasteiger partial charge on any atom is -0.371 e. The van der Waals surface area contributed by atoms with Crippen molar-refractivity contribution < 1.29 is 5.11 Å². The molecule has 0 saturated carbocycles. The second-order valence-corrected chi connectivity index (χ2v) is 3.04. The van der Waals surface area contributed by atoms with E-state index in [4.69, 9.17) is 0 Å². The van der Waals surface area contributed by atoms with E-state index in [1.807, 2.05) is 10.8 Å². The Kier molecular flexibility index (Phi) is 1.16. The fourth-order valence-electron chi connectivity index (χ4n) is 1.65. The lowest BCUT2D eigenvalue weighted by molar-refractivity contribution is 0.0809. The molecule has 5 heteroatoms. The molecule has 2 aromatic rings. The molecule has 0 saturated heterocycles. The van der Waals surface area contributed by atoms with E-state index in [1.165, 1.54) is 0 Å². The number of imidazole rings is 2. The minimum absolute atomic E-state index is 0.529. The van der Waals surface area contributed by atoms with Crippen LogP contribution in [0.5, 0.6) is 0 Å². The Morgan fingerprint density at radius 3 is 2.92 bits per heavy atom. The van der Waals surface area contributed by atoms with E-state index in [2.05, 4.69) is 9.97 Å². The number of fused-ring (bicyclic) bond motifs is 3. The Hall–Kier alpha value is -1.62. The average Bonchev–Trinajstić information content (AvgIpc) is 2.66. The molecular formula is C8H8N4O. The molecular weight excluding hydrogens is 168 g/mol. The maximum absolute atomic E-state index is 9.69. The molecule has 1 aliphatic rings. The van der Waals surface area contributed by atoms with Crippen molar-refractivity contribution in [3.63, 3.8) is 0 Å². The lowest BCUT2D eigenvalue weighted by Gasteiger charge is -2.21. The summed E-state index contributed by atoms with van der Waals surface area (Å²) in [5.74, 6) is 1.54. The van der Waals surface area contributed by atoms with Crippen molar-refractivity contribution in [3.05, 3.63) is 24.8 Å². The molecule has 0 aliphatic carbocycles. The van der Waals surface area contributed by atoms with Gasteiger partial charge in [-0.2, -0.15) is 0 Å². The summed E-state index contributed by atoms with van der Waals surface area (Å²) in [5, 5.41) is 9.69. The highest BCUT2D eigenvalue weighted by Crippen LogP contribution is 2.25. The highest BCUT2D eigenvalue weighted by atomic mass is 16.3. The molecule has 2 aromatic heterocycles. The first-order valence-electron chi connectivity index (χ1n) is 4.08. The molecule has 3 rings (SSSR count). The van der Waals surface area contributed by atoms with E-state index in [1.54, 1.807) is 23.2 Å². The third-order valence-corrected chi connectivity index (χ3v) is 2.27. The van der Waals surface area contributed by atoms with Crippen LogP contribution < -0.4 is 0 Å². The van der Waals surface area contributed by atoms with Gasteiger partial charge in [0.15, 0.2) is 11.6 Å². The molecule has 0 spiro atoms. The van der Waals surface area contributed by atoms with E-state index in [-0.39, 0.29) is 0 Å². The predicted molar refractivity (Wildman–Crippen MR) is 44.7 cm³/mol. The monoisotopic (exact) mass is 176 g/mol. The maximum Gasteiger partial charge on any atom is 0.178 e. The van der Waals surface area contributed by atoms with Gasteiger partial charge in [-0.25, -0.2) is 9.97 Å². The zero-order valence-corrected chi connectivity index (χ0v) is 6.83. The topological polar surface area (TPSA) is 55.9 Å². The van der Waals surface area contributed by atoms with Gasteiger partial charge in [-0.15, -0.1) is 0 Å². The molecule has 1 N–H and O–H groups in total. The minimum atomic E-state index is -0.529. The third-order valence-electron chi connectivity index (χ3n) is 2.27. The Morgan fingerprint density at radius 2 is 2.00 bits per heavy atom. The number of hydrogen-bond acceptors (Lipinski definition) is 3. The van der Waals surface area contributed by atoms with E-state index in [0.717, 1.165) is 11.6 Å². The molecule has 0 fully saturated rings. The van der Waals surface area contributed by atoms with Gasteiger partial charge in [-0.1, -0.05) is 0 Å². The normalized spacial score (nSPS) is 19.6. The number of rotatable bonds is 0. The van der Waals surface area contributed by atoms with Gasteiger partial charge in [-0.3, -0.25) is 0 Å². The van der Waals surface area contributed by atoms with Crippen LogP contribution in [0.1, 0.15) is 6.23 Å². The van der Waals surface area contributed by atoms with Crippen LogP contribution in [0.3, 0.4) is 0 Å². The quantitative estimate of drug-likeness (QED) is 0.626. The molecule has 3 heterocycles. The second-order valence-electron chi connectivity index (χ2n) is 3.04. The number of hydrogen-bond donors (Lipinski definition) is 1. The summed E-state index contributed by atoms with van der Waals surface area (Å²) >= 11 is 0. The molecule has 0 aromatic carbocycles. The molecule has 13 heavy (non-hydrogen) atoms. The number of aliphatic hydroxyl groups is 1. The van der Waals surface area contributed by atoms with Crippen molar-refractivity contribution >= 4 is 0 Å². The zero-order valence-electron chi connectivity index (χ0n) is 6.83. The first-order chi connectivity index (χ1) is 6.36. The molecule has 0 radical (unpaired) electrons. The van der Waals surface area contributed by atoms with Gasteiger partial charge in [0.05, 0.1) is 6.54 Å². The van der Waals surface area contributed by atoms with Crippen LogP contribution in [0.2, 0.25) is 0 Å². The SMILES string of the molecule is O[C@@H]1Cn2ccnc2-c2nccn21. The molecule has 0 unspecified atom stereocenters. The molecule has 0 amide bonds. The smallest absolute Gasteiger partial charge is 0.178 e. The standard InChI is InChI=1S/C8H8N4O/c13-6-5-11-3-1-9-7(11)8-10-2-4-12(6)8/h1-4,6,13H,5H2/t6-/m1/s1. The highest BCUT2D eigenvalue weighted by molar-refractivity contribution is 5.46. The van der Waals surface area contributed by atoms with Gasteiger partial charge in [0, 0.05) is 24.8 Å². The Labute approximate surface area is 74.3 Å². The van der Waals surface area contributed by atoms with Gasteiger partial charge < -0.3 is 14.2 Å². The van der Waals surface area contributed by atoms with Crippen molar-refractivity contribution in [1.29, 1.82) is 0 Å². The summed E-state index contributed by atoms with van der Waals surface area (Å²) < 4.78 is 3.62. The molecule has 5 nitrogen and oxygen atoms in total. The summed E-state index contributed by atoms with van der Waals surface area (Å²) in [7, 11) is 0. The first-order valence-corrected chi connectivity index (χ1v) is 4.08. The molecule has 0 bridgehead atoms. The Bertz CT molecular complexity index is 444. The Morgan fingerprint density at radius 1 is 1.23 bits per heavy atom. The fourth-order valence-corrected chi connectivity index (χ4v) is 1.65. The third kappa shape index (κ3) is 0.790. The highest BCUT2D eigenvalue weighted by Gasteiger charge is 2.22. The van der Waals surface area contributed by atoms with Crippen molar-refractivity contribution in [3.8, 4) is 11.6 Å². The summed E-state index contributed by atoms with van der Waals surface area (Å²) in [6.07, 6.45) is 6.46. The van der Waals surface area contributed by atoms with Gasteiger partial charge >= 0.3 is 0 Å². The molecule has 66 valence electrons. The van der Waals surface area contributed by atoms with Crippen LogP contribution in [0.15, 0.2) is 24.8 Å². The van der Waals surface area contributed by atoms with E-state index >= 15 is 0 Å². The van der Waals surface area contributed by atoms with Crippen molar-refractivity contribution in [1.82, 2.24) is 19.1 Å². The number of nitrogens with zero attached hydrogens (tertiary/aromatic N) is 4. The van der Waals surface area contributed by atoms with Gasteiger partial charge in [0.1, 0.15) is 6.23 Å². The summed E-state index contributed by atoms with van der Waals surface area (Å²) in [6.45, 7) is 0.540.